The molecule has 0 aromatic carbocycles. The molecule has 1 heterocycles. The fraction of sp³-hybridized carbons (Fsp3) is 0.273. The van der Waals surface area contributed by atoms with Gasteiger partial charge >= 0.3 is 0 Å². The summed E-state index contributed by atoms with van der Waals surface area (Å²) in [6, 6.07) is 5.63. The van der Waals surface area contributed by atoms with Gasteiger partial charge in [-0.15, -0.1) is 0 Å². The molecule has 0 atom stereocenters. The van der Waals surface area contributed by atoms with Gasteiger partial charge in [-0.25, -0.2) is 4.98 Å². The van der Waals surface area contributed by atoms with Gasteiger partial charge in [0.2, 0.25) is 0 Å². The molecule has 14 heavy (non-hydrogen) atoms. The van der Waals surface area contributed by atoms with E-state index in [4.69, 9.17) is 9.47 Å². The first kappa shape index (κ1) is 10.5. The zero-order valence-electron chi connectivity index (χ0n) is 8.41. The Labute approximate surface area is 83.7 Å². The van der Waals surface area contributed by atoms with Crippen molar-refractivity contribution in [1.29, 1.82) is 0 Å². The van der Waals surface area contributed by atoms with E-state index in [9.17, 15) is 0 Å². The minimum absolute atomic E-state index is 0.488. The van der Waals surface area contributed by atoms with Crippen LogP contribution in [-0.4, -0.2) is 19.2 Å². The van der Waals surface area contributed by atoms with E-state index in [0.717, 1.165) is 11.4 Å². The number of ether oxygens (including phenoxy) is 2. The van der Waals surface area contributed by atoms with Crippen LogP contribution in [0, 0.1) is 0 Å². The largest absolute Gasteiger partial charge is 0.487 e. The first-order chi connectivity index (χ1) is 6.81. The van der Waals surface area contributed by atoms with E-state index in [1.807, 2.05) is 18.2 Å². The van der Waals surface area contributed by atoms with Crippen molar-refractivity contribution in [1.82, 2.24) is 4.98 Å². The molecule has 1 aromatic heterocycles. The number of hydrogen-bond acceptors (Lipinski definition) is 3. The fourth-order valence-corrected chi connectivity index (χ4v) is 1.10. The van der Waals surface area contributed by atoms with E-state index in [2.05, 4.69) is 17.3 Å². The summed E-state index contributed by atoms with van der Waals surface area (Å²) in [5.74, 6) is 0.544. The summed E-state index contributed by atoms with van der Waals surface area (Å²) in [6.45, 7) is 4.01. The summed E-state index contributed by atoms with van der Waals surface area (Å²) >= 11 is 0. The van der Waals surface area contributed by atoms with Crippen molar-refractivity contribution in [3.8, 4) is 0 Å². The smallest absolute Gasteiger partial charge is 0.187 e. The number of nitrogens with zero attached hydrogens (tertiary/aromatic N) is 1. The van der Waals surface area contributed by atoms with Crippen LogP contribution in [0.15, 0.2) is 30.5 Å². The molecule has 0 spiro atoms. The highest BCUT2D eigenvalue weighted by molar-refractivity contribution is 5.54. The predicted molar refractivity (Wildman–Crippen MR) is 54.5 cm³/mol. The molecule has 0 saturated heterocycles. The first-order valence-electron chi connectivity index (χ1n) is 4.21. The zero-order chi connectivity index (χ0) is 10.4. The van der Waals surface area contributed by atoms with E-state index in [1.165, 1.54) is 0 Å². The van der Waals surface area contributed by atoms with Crippen molar-refractivity contribution >= 4 is 5.76 Å². The highest BCUT2D eigenvalue weighted by atomic mass is 16.5. The predicted octanol–water partition coefficient (Wildman–Crippen LogP) is 2.00. The summed E-state index contributed by atoms with van der Waals surface area (Å²) in [5.41, 5.74) is 4.25. The van der Waals surface area contributed by atoms with Crippen LogP contribution < -0.4 is 0 Å². The summed E-state index contributed by atoms with van der Waals surface area (Å²) in [6.07, 6.45) is 0. The molecule has 3 nitrogen and oxygen atoms in total. The van der Waals surface area contributed by atoms with E-state index in [0.29, 0.717) is 12.4 Å². The number of methoxy groups -OCH3 is 2. The Hall–Kier alpha value is -1.57. The SMILES string of the molecule is C=C=C(OC)c1cccc(COC)n1. The Morgan fingerprint density at radius 3 is 2.86 bits per heavy atom. The summed E-state index contributed by atoms with van der Waals surface area (Å²) in [5, 5.41) is 0. The molecular formula is C11H13NO2. The molecule has 1 rings (SSSR count). The van der Waals surface area contributed by atoms with Crippen LogP contribution in [0.4, 0.5) is 0 Å². The van der Waals surface area contributed by atoms with Crippen LogP contribution in [0.5, 0.6) is 0 Å². The average Bonchev–Trinajstić information content (AvgIpc) is 2.21. The van der Waals surface area contributed by atoms with Gasteiger partial charge in [0.1, 0.15) is 5.69 Å². The number of hydrogen-bond donors (Lipinski definition) is 0. The van der Waals surface area contributed by atoms with Crippen molar-refractivity contribution in [3.05, 3.63) is 41.9 Å². The van der Waals surface area contributed by atoms with Gasteiger partial charge in [0.05, 0.1) is 19.4 Å². The molecule has 0 aliphatic rings. The number of rotatable bonds is 4. The molecule has 0 aliphatic heterocycles. The third-order valence-corrected chi connectivity index (χ3v) is 1.70. The molecule has 0 aliphatic carbocycles. The van der Waals surface area contributed by atoms with Crippen molar-refractivity contribution in [2.45, 2.75) is 6.61 Å². The Kier molecular flexibility index (Phi) is 3.92. The fourth-order valence-electron chi connectivity index (χ4n) is 1.10. The van der Waals surface area contributed by atoms with Gasteiger partial charge in [-0.05, 0) is 12.1 Å². The van der Waals surface area contributed by atoms with Crippen molar-refractivity contribution in [2.75, 3.05) is 14.2 Å². The third-order valence-electron chi connectivity index (χ3n) is 1.70. The Morgan fingerprint density at radius 1 is 1.50 bits per heavy atom. The lowest BCUT2D eigenvalue weighted by Crippen LogP contribution is -1.96. The summed E-state index contributed by atoms with van der Waals surface area (Å²) < 4.78 is 10.0. The number of aromatic nitrogens is 1. The zero-order valence-corrected chi connectivity index (χ0v) is 8.41. The molecule has 1 aromatic rings. The van der Waals surface area contributed by atoms with E-state index >= 15 is 0 Å². The van der Waals surface area contributed by atoms with Crippen molar-refractivity contribution in [2.24, 2.45) is 0 Å². The van der Waals surface area contributed by atoms with Gasteiger partial charge < -0.3 is 9.47 Å². The molecule has 0 radical (unpaired) electrons. The maximum atomic E-state index is 5.06. The molecule has 0 fully saturated rings. The Morgan fingerprint density at radius 2 is 2.29 bits per heavy atom. The van der Waals surface area contributed by atoms with E-state index in [-0.39, 0.29) is 0 Å². The van der Waals surface area contributed by atoms with Crippen LogP contribution in [0.25, 0.3) is 5.76 Å². The van der Waals surface area contributed by atoms with Crippen LogP contribution in [0.3, 0.4) is 0 Å². The average molecular weight is 191 g/mol. The molecule has 0 unspecified atom stereocenters. The molecule has 0 saturated carbocycles. The molecule has 74 valence electrons. The highest BCUT2D eigenvalue weighted by Gasteiger charge is 2.02. The number of pyridine rings is 1. The molecule has 0 amide bonds. The van der Waals surface area contributed by atoms with Crippen LogP contribution in [0.2, 0.25) is 0 Å². The van der Waals surface area contributed by atoms with Gasteiger partial charge in [0.25, 0.3) is 0 Å². The molecule has 3 heteroatoms. The van der Waals surface area contributed by atoms with Crippen LogP contribution in [0.1, 0.15) is 11.4 Å². The van der Waals surface area contributed by atoms with Gasteiger partial charge in [0, 0.05) is 7.11 Å². The van der Waals surface area contributed by atoms with Crippen molar-refractivity contribution in [3.63, 3.8) is 0 Å². The third kappa shape index (κ3) is 2.46. The van der Waals surface area contributed by atoms with Crippen LogP contribution in [-0.2, 0) is 16.1 Å². The second kappa shape index (κ2) is 5.22. The molecule has 0 bridgehead atoms. The molecule has 0 N–H and O–H groups in total. The van der Waals surface area contributed by atoms with Crippen LogP contribution >= 0.6 is 0 Å². The van der Waals surface area contributed by atoms with Gasteiger partial charge in [-0.1, -0.05) is 18.4 Å². The standard InChI is InChI=1S/C11H13NO2/c1-4-11(14-3)10-7-5-6-9(12-10)8-13-2/h5-7H,1,8H2,2-3H3. The minimum atomic E-state index is 0.488. The second-order valence-corrected chi connectivity index (χ2v) is 2.66. The normalized spacial score (nSPS) is 9.29. The second-order valence-electron chi connectivity index (χ2n) is 2.66. The van der Waals surface area contributed by atoms with Gasteiger partial charge in [0.15, 0.2) is 5.76 Å². The Bertz CT molecular complexity index is 354. The van der Waals surface area contributed by atoms with E-state index < -0.39 is 0 Å². The highest BCUT2D eigenvalue weighted by Crippen LogP contribution is 2.11. The summed E-state index contributed by atoms with van der Waals surface area (Å²) in [4.78, 5) is 4.31. The van der Waals surface area contributed by atoms with Gasteiger partial charge in [-0.2, -0.15) is 0 Å². The minimum Gasteiger partial charge on any atom is -0.487 e. The first-order valence-corrected chi connectivity index (χ1v) is 4.21. The van der Waals surface area contributed by atoms with E-state index in [1.54, 1.807) is 14.2 Å². The van der Waals surface area contributed by atoms with Gasteiger partial charge in [-0.3, -0.25) is 0 Å². The maximum absolute atomic E-state index is 5.06. The van der Waals surface area contributed by atoms with Crippen molar-refractivity contribution < 1.29 is 9.47 Å². The Balaban J connectivity index is 2.98. The summed E-state index contributed by atoms with van der Waals surface area (Å²) in [7, 11) is 3.20. The monoisotopic (exact) mass is 191 g/mol. The quantitative estimate of drug-likeness (QED) is 0.539. The lowest BCUT2D eigenvalue weighted by Gasteiger charge is -2.04. The molecular weight excluding hydrogens is 178 g/mol. The lowest BCUT2D eigenvalue weighted by molar-refractivity contribution is 0.181. The topological polar surface area (TPSA) is 31.4 Å². The maximum Gasteiger partial charge on any atom is 0.187 e. The lowest BCUT2D eigenvalue weighted by atomic mass is 10.3.